The summed E-state index contributed by atoms with van der Waals surface area (Å²) in [7, 11) is -1.35. The maximum Gasteiger partial charge on any atom is 0.137 e. The lowest BCUT2D eigenvalue weighted by Crippen LogP contribution is -2.05. The second-order valence-corrected chi connectivity index (χ2v) is 5.64. The molecule has 0 heterocycles. The molecule has 72 valence electrons. The fraction of sp³-hybridized carbons (Fsp3) is 0.143. The monoisotopic (exact) mass is 349 g/mol. The predicted octanol–water partition coefficient (Wildman–Crippen LogP) is 3.26. The van der Waals surface area contributed by atoms with E-state index in [1.165, 1.54) is 0 Å². The van der Waals surface area contributed by atoms with Gasteiger partial charge in [0.15, 0.2) is 0 Å². The van der Waals surface area contributed by atoms with Gasteiger partial charge in [-0.2, -0.15) is 2.94 Å². The van der Waals surface area contributed by atoms with Crippen LogP contribution in [0.1, 0.15) is 5.56 Å². The Labute approximate surface area is 103 Å². The Morgan fingerprint density at radius 2 is 1.85 bits per heavy atom. The molecule has 0 fully saturated rings. The Morgan fingerprint density at radius 3 is 2.23 bits per heavy atom. The minimum atomic E-state index is -1.35. The van der Waals surface area contributed by atoms with Gasteiger partial charge < -0.3 is 0 Å². The molecule has 0 saturated carbocycles. The Balaban J connectivity index is 3.28. The van der Waals surface area contributed by atoms with Gasteiger partial charge in [-0.3, -0.25) is 0 Å². The second kappa shape index (κ2) is 4.93. The molecular weight excluding hydrogens is 344 g/mol. The number of rotatable bonds is 2. The third kappa shape index (κ3) is 2.79. The van der Waals surface area contributed by atoms with Crippen molar-refractivity contribution in [3.05, 3.63) is 27.7 Å². The molecule has 0 saturated heterocycles. The third-order valence-corrected chi connectivity index (χ3v) is 4.37. The first kappa shape index (κ1) is 11.7. The average Bonchev–Trinajstić information content (AvgIpc) is 2.02. The van der Waals surface area contributed by atoms with Crippen molar-refractivity contribution in [3.63, 3.8) is 0 Å². The van der Waals surface area contributed by atoms with Gasteiger partial charge >= 0.3 is 0 Å². The highest BCUT2D eigenvalue weighted by Gasteiger charge is 2.12. The molecule has 1 N–H and O–H groups in total. The van der Waals surface area contributed by atoms with Crippen LogP contribution >= 0.6 is 46.1 Å². The fourth-order valence-electron chi connectivity index (χ4n) is 0.902. The van der Waals surface area contributed by atoms with Gasteiger partial charge in [-0.05, 0) is 24.6 Å². The fourth-order valence-corrected chi connectivity index (χ4v) is 3.13. The lowest BCUT2D eigenvalue weighted by molar-refractivity contribution is 0.683. The third-order valence-electron chi connectivity index (χ3n) is 1.40. The summed E-state index contributed by atoms with van der Waals surface area (Å²) in [5.74, 6) is 0. The molecule has 0 spiro atoms. The van der Waals surface area contributed by atoms with Gasteiger partial charge in [0, 0.05) is 22.9 Å². The number of halogens is 3. The van der Waals surface area contributed by atoms with Crippen LogP contribution < -0.4 is 2.94 Å². The summed E-state index contributed by atoms with van der Waals surface area (Å²) in [6.07, 6.45) is 0. The summed E-state index contributed by atoms with van der Waals surface area (Å²) in [6, 6.07) is 3.46. The van der Waals surface area contributed by atoms with Crippen molar-refractivity contribution in [2.45, 2.75) is 11.8 Å². The SMILES string of the molecule is Cc1cc(Cl)c(S(=O)NI)c(Cl)c1. The number of nitrogens with one attached hydrogen (secondary N) is 1. The molecule has 1 unspecified atom stereocenters. The zero-order chi connectivity index (χ0) is 10.0. The highest BCUT2D eigenvalue weighted by molar-refractivity contribution is 14.1. The van der Waals surface area contributed by atoms with Gasteiger partial charge in [0.2, 0.25) is 0 Å². The van der Waals surface area contributed by atoms with Crippen LogP contribution in [0.4, 0.5) is 0 Å². The highest BCUT2D eigenvalue weighted by atomic mass is 127. The van der Waals surface area contributed by atoms with Crippen LogP contribution in [0, 0.1) is 6.92 Å². The zero-order valence-electron chi connectivity index (χ0n) is 6.61. The summed E-state index contributed by atoms with van der Waals surface area (Å²) in [4.78, 5) is 0.434. The predicted molar refractivity (Wildman–Crippen MR) is 64.8 cm³/mol. The average molecular weight is 350 g/mol. The molecule has 13 heavy (non-hydrogen) atoms. The van der Waals surface area contributed by atoms with Crippen molar-refractivity contribution in [1.29, 1.82) is 0 Å². The summed E-state index contributed by atoms with van der Waals surface area (Å²) in [6.45, 7) is 1.88. The van der Waals surface area contributed by atoms with Gasteiger partial charge in [-0.1, -0.05) is 23.2 Å². The molecule has 1 rings (SSSR count). The molecule has 1 atom stereocenters. The number of hydrogen-bond acceptors (Lipinski definition) is 1. The Hall–Kier alpha value is 0.640. The maximum atomic E-state index is 11.4. The van der Waals surface area contributed by atoms with E-state index in [0.717, 1.165) is 5.56 Å². The normalized spacial score (nSPS) is 12.9. The minimum absolute atomic E-state index is 0.424. The van der Waals surface area contributed by atoms with Gasteiger partial charge in [-0.25, -0.2) is 4.21 Å². The van der Waals surface area contributed by atoms with Crippen molar-refractivity contribution >= 4 is 57.1 Å². The molecule has 0 aliphatic carbocycles. The molecule has 0 aromatic heterocycles. The van der Waals surface area contributed by atoms with E-state index in [1.54, 1.807) is 35.0 Å². The molecule has 6 heteroatoms. The van der Waals surface area contributed by atoms with Crippen LogP contribution in [-0.2, 0) is 11.0 Å². The van der Waals surface area contributed by atoms with Crippen molar-refractivity contribution in [2.75, 3.05) is 0 Å². The van der Waals surface area contributed by atoms with E-state index in [1.807, 2.05) is 6.92 Å². The van der Waals surface area contributed by atoms with E-state index >= 15 is 0 Å². The second-order valence-electron chi connectivity index (χ2n) is 2.40. The first-order valence-electron chi connectivity index (χ1n) is 3.30. The summed E-state index contributed by atoms with van der Waals surface area (Å²) in [5, 5.41) is 0.847. The molecule has 0 bridgehead atoms. The maximum absolute atomic E-state index is 11.4. The van der Waals surface area contributed by atoms with Crippen LogP contribution in [0.25, 0.3) is 0 Å². The van der Waals surface area contributed by atoms with Gasteiger partial charge in [-0.15, -0.1) is 0 Å². The van der Waals surface area contributed by atoms with E-state index in [9.17, 15) is 4.21 Å². The molecule has 0 amide bonds. The first-order valence-corrected chi connectivity index (χ1v) is 6.28. The van der Waals surface area contributed by atoms with Crippen molar-refractivity contribution in [1.82, 2.24) is 2.94 Å². The first-order chi connectivity index (χ1) is 6.06. The van der Waals surface area contributed by atoms with Crippen molar-refractivity contribution in [2.24, 2.45) is 0 Å². The highest BCUT2D eigenvalue weighted by Crippen LogP contribution is 2.28. The summed E-state index contributed by atoms with van der Waals surface area (Å²) < 4.78 is 13.9. The number of benzene rings is 1. The number of hydrogen-bond donors (Lipinski definition) is 1. The molecule has 0 radical (unpaired) electrons. The van der Waals surface area contributed by atoms with Crippen LogP contribution in [0.2, 0.25) is 10.0 Å². The van der Waals surface area contributed by atoms with Gasteiger partial charge in [0.05, 0.1) is 14.9 Å². The Kier molecular flexibility index (Phi) is 4.44. The topological polar surface area (TPSA) is 29.1 Å². The van der Waals surface area contributed by atoms with Crippen molar-refractivity contribution in [3.8, 4) is 0 Å². The van der Waals surface area contributed by atoms with Crippen LogP contribution in [0.5, 0.6) is 0 Å². The molecule has 0 aliphatic heterocycles. The van der Waals surface area contributed by atoms with Crippen LogP contribution in [-0.4, -0.2) is 4.21 Å². The van der Waals surface area contributed by atoms with Gasteiger partial charge in [0.25, 0.3) is 0 Å². The summed E-state index contributed by atoms with van der Waals surface area (Å²) >= 11 is 13.6. The Morgan fingerprint density at radius 1 is 1.38 bits per heavy atom. The standard InChI is InChI=1S/C7H6Cl2INOS/c1-4-2-5(8)7(6(9)3-4)13(12)11-10/h2-3,11H,1H3. The van der Waals surface area contributed by atoms with Crippen LogP contribution in [0.15, 0.2) is 17.0 Å². The van der Waals surface area contributed by atoms with E-state index in [2.05, 4.69) is 2.94 Å². The molecule has 1 aromatic rings. The largest absolute Gasteiger partial charge is 0.237 e. The molecule has 2 nitrogen and oxygen atoms in total. The molecule has 1 aromatic carbocycles. The minimum Gasteiger partial charge on any atom is -0.237 e. The summed E-state index contributed by atoms with van der Waals surface area (Å²) in [5.41, 5.74) is 0.948. The van der Waals surface area contributed by atoms with E-state index in [4.69, 9.17) is 23.2 Å². The van der Waals surface area contributed by atoms with Crippen molar-refractivity contribution < 1.29 is 4.21 Å². The van der Waals surface area contributed by atoms with E-state index in [0.29, 0.717) is 14.9 Å². The molecular formula is C7H6Cl2INOS. The molecule has 0 aliphatic rings. The van der Waals surface area contributed by atoms with E-state index in [-0.39, 0.29) is 0 Å². The zero-order valence-corrected chi connectivity index (χ0v) is 11.1. The lowest BCUT2D eigenvalue weighted by atomic mass is 10.2. The smallest absolute Gasteiger partial charge is 0.137 e. The number of aryl methyl sites for hydroxylation is 1. The lowest BCUT2D eigenvalue weighted by Gasteiger charge is -2.05. The van der Waals surface area contributed by atoms with Crippen LogP contribution in [0.3, 0.4) is 0 Å². The van der Waals surface area contributed by atoms with Gasteiger partial charge in [0.1, 0.15) is 11.0 Å². The quantitative estimate of drug-likeness (QED) is 0.644. The van der Waals surface area contributed by atoms with E-state index < -0.39 is 11.0 Å². The Bertz CT molecular complexity index is 335.